The minimum absolute atomic E-state index is 0.131. The topological polar surface area (TPSA) is 82.4 Å². The van der Waals surface area contributed by atoms with Crippen molar-refractivity contribution >= 4 is 23.2 Å². The normalized spacial score (nSPS) is 14.6. The minimum atomic E-state index is -0.692. The van der Waals surface area contributed by atoms with E-state index in [1.54, 1.807) is 48.2 Å². The zero-order valence-electron chi connectivity index (χ0n) is 14.4. The van der Waals surface area contributed by atoms with Crippen molar-refractivity contribution in [3.8, 4) is 11.8 Å². The van der Waals surface area contributed by atoms with E-state index >= 15 is 0 Å². The number of carbonyl (C=O) groups excluding carboxylic acids is 2. The predicted octanol–water partition coefficient (Wildman–Crippen LogP) is 3.09. The highest BCUT2D eigenvalue weighted by Gasteiger charge is 2.21. The van der Waals surface area contributed by atoms with Crippen molar-refractivity contribution < 1.29 is 14.3 Å². The summed E-state index contributed by atoms with van der Waals surface area (Å²) in [6.45, 7) is 2.39. The van der Waals surface area contributed by atoms with Crippen LogP contribution in [0.25, 0.3) is 0 Å². The summed E-state index contributed by atoms with van der Waals surface area (Å²) in [5.74, 6) is 0.375. The van der Waals surface area contributed by atoms with E-state index in [0.717, 1.165) is 18.7 Å². The second kappa shape index (κ2) is 7.70. The molecule has 1 heterocycles. The third-order valence-electron chi connectivity index (χ3n) is 4.19. The molecule has 3 rings (SSSR count). The van der Waals surface area contributed by atoms with Crippen LogP contribution < -0.4 is 15.0 Å². The van der Waals surface area contributed by atoms with Gasteiger partial charge in [0.25, 0.3) is 5.91 Å². The van der Waals surface area contributed by atoms with Gasteiger partial charge in [-0.2, -0.15) is 5.26 Å². The lowest BCUT2D eigenvalue weighted by atomic mass is 10.2. The van der Waals surface area contributed by atoms with E-state index in [-0.39, 0.29) is 11.8 Å². The van der Waals surface area contributed by atoms with Gasteiger partial charge in [0.15, 0.2) is 6.10 Å². The van der Waals surface area contributed by atoms with Crippen LogP contribution in [-0.2, 0) is 9.59 Å². The van der Waals surface area contributed by atoms with Gasteiger partial charge in [-0.3, -0.25) is 9.59 Å². The molecule has 0 bridgehead atoms. The molecule has 1 unspecified atom stereocenters. The first-order valence-corrected chi connectivity index (χ1v) is 8.45. The summed E-state index contributed by atoms with van der Waals surface area (Å²) in [5.41, 5.74) is 2.01. The molecule has 0 aromatic heterocycles. The quantitative estimate of drug-likeness (QED) is 0.899. The average Bonchev–Trinajstić information content (AvgIpc) is 3.09. The number of carbonyl (C=O) groups is 2. The monoisotopic (exact) mass is 349 g/mol. The number of hydrogen-bond acceptors (Lipinski definition) is 4. The lowest BCUT2D eigenvalue weighted by Crippen LogP contribution is -2.30. The highest BCUT2D eigenvalue weighted by molar-refractivity contribution is 5.96. The van der Waals surface area contributed by atoms with Crippen LogP contribution in [0.1, 0.15) is 25.3 Å². The minimum Gasteiger partial charge on any atom is -0.481 e. The van der Waals surface area contributed by atoms with Crippen LogP contribution in [-0.4, -0.2) is 24.5 Å². The largest absolute Gasteiger partial charge is 0.481 e. The average molecular weight is 349 g/mol. The van der Waals surface area contributed by atoms with Gasteiger partial charge in [-0.25, -0.2) is 0 Å². The van der Waals surface area contributed by atoms with Crippen molar-refractivity contribution in [2.45, 2.75) is 25.9 Å². The zero-order chi connectivity index (χ0) is 18.5. The SMILES string of the molecule is CC(Oc1ccc(C#N)cc1)C(=O)Nc1ccc(N2CCCC2=O)cc1. The van der Waals surface area contributed by atoms with Crippen molar-refractivity contribution in [2.75, 3.05) is 16.8 Å². The smallest absolute Gasteiger partial charge is 0.265 e. The Morgan fingerprint density at radius 3 is 2.46 bits per heavy atom. The Morgan fingerprint density at radius 1 is 1.19 bits per heavy atom. The van der Waals surface area contributed by atoms with Crippen molar-refractivity contribution in [3.63, 3.8) is 0 Å². The molecular weight excluding hydrogens is 330 g/mol. The number of rotatable bonds is 5. The van der Waals surface area contributed by atoms with Gasteiger partial charge in [0.1, 0.15) is 5.75 Å². The molecule has 1 aliphatic rings. The maximum absolute atomic E-state index is 12.3. The maximum atomic E-state index is 12.3. The molecule has 0 radical (unpaired) electrons. The number of nitrogens with one attached hydrogen (secondary N) is 1. The first-order valence-electron chi connectivity index (χ1n) is 8.45. The molecule has 2 aromatic rings. The number of ether oxygens (including phenoxy) is 1. The van der Waals surface area contributed by atoms with E-state index in [1.807, 2.05) is 18.2 Å². The van der Waals surface area contributed by atoms with Gasteiger partial charge in [-0.15, -0.1) is 0 Å². The molecule has 2 aromatic carbocycles. The van der Waals surface area contributed by atoms with Gasteiger partial charge in [0.05, 0.1) is 11.6 Å². The van der Waals surface area contributed by atoms with E-state index in [9.17, 15) is 9.59 Å². The summed E-state index contributed by atoms with van der Waals surface area (Å²) in [4.78, 5) is 25.8. The molecule has 6 nitrogen and oxygen atoms in total. The molecule has 1 atom stereocenters. The highest BCUT2D eigenvalue weighted by atomic mass is 16.5. The third kappa shape index (κ3) is 4.01. The van der Waals surface area contributed by atoms with Crippen molar-refractivity contribution in [3.05, 3.63) is 54.1 Å². The highest BCUT2D eigenvalue weighted by Crippen LogP contribution is 2.23. The Labute approximate surface area is 152 Å². The van der Waals surface area contributed by atoms with Crippen LogP contribution >= 0.6 is 0 Å². The van der Waals surface area contributed by atoms with Crippen LogP contribution in [0.2, 0.25) is 0 Å². The number of amides is 2. The maximum Gasteiger partial charge on any atom is 0.265 e. The molecule has 0 saturated carbocycles. The predicted molar refractivity (Wildman–Crippen MR) is 97.9 cm³/mol. The summed E-state index contributed by atoms with van der Waals surface area (Å²) in [5, 5.41) is 11.6. The Balaban J connectivity index is 1.58. The van der Waals surface area contributed by atoms with E-state index < -0.39 is 6.10 Å². The lowest BCUT2D eigenvalue weighted by molar-refractivity contribution is -0.122. The summed E-state index contributed by atoms with van der Waals surface area (Å²) < 4.78 is 5.59. The fourth-order valence-electron chi connectivity index (χ4n) is 2.76. The summed E-state index contributed by atoms with van der Waals surface area (Å²) >= 11 is 0. The van der Waals surface area contributed by atoms with Crippen LogP contribution in [0.4, 0.5) is 11.4 Å². The first kappa shape index (κ1) is 17.5. The van der Waals surface area contributed by atoms with Gasteiger partial charge in [0.2, 0.25) is 5.91 Å². The Hall–Kier alpha value is -3.33. The van der Waals surface area contributed by atoms with E-state index in [1.165, 1.54) is 0 Å². The lowest BCUT2D eigenvalue weighted by Gasteiger charge is -2.17. The molecule has 1 saturated heterocycles. The van der Waals surface area contributed by atoms with Crippen LogP contribution in [0.3, 0.4) is 0 Å². The zero-order valence-corrected chi connectivity index (χ0v) is 14.4. The second-order valence-corrected chi connectivity index (χ2v) is 6.08. The van der Waals surface area contributed by atoms with Gasteiger partial charge in [0, 0.05) is 24.3 Å². The van der Waals surface area contributed by atoms with Gasteiger partial charge >= 0.3 is 0 Å². The molecule has 2 amide bonds. The third-order valence-corrected chi connectivity index (χ3v) is 4.19. The number of anilines is 2. The van der Waals surface area contributed by atoms with E-state index in [4.69, 9.17) is 10.00 Å². The summed E-state index contributed by atoms with van der Waals surface area (Å²) in [6, 6.07) is 15.8. The molecule has 0 spiro atoms. The fraction of sp³-hybridized carbons (Fsp3) is 0.250. The van der Waals surface area contributed by atoms with E-state index in [2.05, 4.69) is 5.32 Å². The number of nitriles is 1. The number of nitrogens with zero attached hydrogens (tertiary/aromatic N) is 2. The van der Waals surface area contributed by atoms with Crippen molar-refractivity contribution in [1.29, 1.82) is 5.26 Å². The van der Waals surface area contributed by atoms with Crippen molar-refractivity contribution in [2.24, 2.45) is 0 Å². The van der Waals surface area contributed by atoms with Crippen molar-refractivity contribution in [1.82, 2.24) is 0 Å². The molecule has 6 heteroatoms. The van der Waals surface area contributed by atoms with Crippen LogP contribution in [0, 0.1) is 11.3 Å². The summed E-state index contributed by atoms with van der Waals surface area (Å²) in [6.07, 6.45) is 0.771. The van der Waals surface area contributed by atoms with Gasteiger partial charge in [-0.1, -0.05) is 0 Å². The molecular formula is C20H19N3O3. The molecule has 132 valence electrons. The van der Waals surface area contributed by atoms with Gasteiger partial charge < -0.3 is 15.0 Å². The fourth-order valence-corrected chi connectivity index (χ4v) is 2.76. The van der Waals surface area contributed by atoms with Gasteiger partial charge in [-0.05, 0) is 61.9 Å². The molecule has 26 heavy (non-hydrogen) atoms. The number of benzene rings is 2. The number of hydrogen-bond donors (Lipinski definition) is 1. The molecule has 1 fully saturated rings. The standard InChI is InChI=1S/C20H19N3O3/c1-14(26-18-10-4-15(13-21)5-11-18)20(25)22-16-6-8-17(9-7-16)23-12-2-3-19(23)24/h4-11,14H,2-3,12H2,1H3,(H,22,25). The Bertz CT molecular complexity index is 838. The summed E-state index contributed by atoms with van der Waals surface area (Å²) in [7, 11) is 0. The van der Waals surface area contributed by atoms with Crippen LogP contribution in [0.5, 0.6) is 5.75 Å². The van der Waals surface area contributed by atoms with Crippen LogP contribution in [0.15, 0.2) is 48.5 Å². The first-order chi connectivity index (χ1) is 12.6. The Morgan fingerprint density at radius 2 is 1.88 bits per heavy atom. The molecule has 1 aliphatic heterocycles. The second-order valence-electron chi connectivity index (χ2n) is 6.08. The molecule has 1 N–H and O–H groups in total. The molecule has 0 aliphatic carbocycles. The Kier molecular flexibility index (Phi) is 5.18. The van der Waals surface area contributed by atoms with E-state index in [0.29, 0.717) is 23.4 Å².